The van der Waals surface area contributed by atoms with Crippen molar-refractivity contribution in [1.82, 2.24) is 0 Å². The van der Waals surface area contributed by atoms with Crippen molar-refractivity contribution >= 4 is 24.2 Å². The van der Waals surface area contributed by atoms with Crippen molar-refractivity contribution in [1.29, 1.82) is 0 Å². The highest BCUT2D eigenvalue weighted by molar-refractivity contribution is 9.12. The quantitative estimate of drug-likeness (QED) is 0.455. The normalized spacial score (nSPS) is 10.2. The van der Waals surface area contributed by atoms with E-state index in [1.165, 1.54) is 0 Å². The first-order valence-corrected chi connectivity index (χ1v) is 5.07. The van der Waals surface area contributed by atoms with Crippen molar-refractivity contribution in [3.05, 3.63) is 0 Å². The first-order chi connectivity index (χ1) is 5.27. The molecule has 0 bridgehead atoms. The molecule has 5 heteroatoms. The van der Waals surface area contributed by atoms with Crippen molar-refractivity contribution in [2.45, 2.75) is 19.3 Å². The molecule has 0 aliphatic rings. The minimum absolute atomic E-state index is 0.329. The molecule has 0 spiro atoms. The van der Waals surface area contributed by atoms with E-state index in [2.05, 4.69) is 31.2 Å². The molecule has 0 amide bonds. The Kier molecular flexibility index (Phi) is 8.20. The maximum absolute atomic E-state index is 9.98. The molecule has 1 unspecified atom stereocenters. The van der Waals surface area contributed by atoms with Gasteiger partial charge < -0.3 is 0 Å². The van der Waals surface area contributed by atoms with E-state index in [0.717, 1.165) is 19.3 Å². The van der Waals surface area contributed by atoms with Crippen LogP contribution in [0, 0.1) is 10.8 Å². The lowest BCUT2D eigenvalue weighted by Crippen LogP contribution is -1.85. The molecule has 0 rings (SSSR count). The summed E-state index contributed by atoms with van der Waals surface area (Å²) in [7, 11) is -2.42. The monoisotopic (exact) mass is 239 g/mol. The summed E-state index contributed by atoms with van der Waals surface area (Å²) in [5, 5.41) is 0. The highest BCUT2D eigenvalue weighted by Gasteiger charge is 2.09. The molecule has 0 saturated heterocycles. The Labute approximate surface area is 75.2 Å². The summed E-state index contributed by atoms with van der Waals surface area (Å²) in [5.74, 6) is 2.81. The predicted molar refractivity (Wildman–Crippen MR) is 46.3 cm³/mol. The lowest BCUT2D eigenvalue weighted by atomic mass is 10.2. The summed E-state index contributed by atoms with van der Waals surface area (Å²) in [6.07, 6.45) is 2.45. The van der Waals surface area contributed by atoms with Crippen LogP contribution in [0.2, 0.25) is 0 Å². The molecule has 62 valence electrons. The van der Waals surface area contributed by atoms with Crippen LogP contribution < -0.4 is 0 Å². The SMILES string of the molecule is O=[P+](O)OCCCCC#CBr. The van der Waals surface area contributed by atoms with Crippen LogP contribution in [-0.2, 0) is 9.09 Å². The third kappa shape index (κ3) is 10.1. The summed E-state index contributed by atoms with van der Waals surface area (Å²) in [4.78, 5) is 10.8. The second-order valence-corrected chi connectivity index (χ2v) is 2.93. The standard InChI is InChI=1S/C6H8BrO3P/c7-5-3-1-2-4-6-10-11(8)9/h1-2,4,6H2/p+1. The minimum atomic E-state index is -2.42. The first kappa shape index (κ1) is 11.1. The maximum Gasteiger partial charge on any atom is 0.694 e. The van der Waals surface area contributed by atoms with Gasteiger partial charge in [0.15, 0.2) is 0 Å². The molecule has 0 aliphatic heterocycles. The Morgan fingerprint density at radius 3 is 2.82 bits per heavy atom. The van der Waals surface area contributed by atoms with Gasteiger partial charge in [-0.15, -0.1) is 9.42 Å². The van der Waals surface area contributed by atoms with Gasteiger partial charge in [-0.05, 0) is 17.7 Å². The van der Waals surface area contributed by atoms with E-state index in [0.29, 0.717) is 6.61 Å². The van der Waals surface area contributed by atoms with Crippen LogP contribution in [0.5, 0.6) is 0 Å². The number of unbranched alkanes of at least 4 members (excludes halogenated alkanes) is 2. The van der Waals surface area contributed by atoms with Gasteiger partial charge in [0.1, 0.15) is 6.61 Å². The van der Waals surface area contributed by atoms with Gasteiger partial charge in [0.05, 0.1) is 0 Å². The number of hydrogen-bond donors (Lipinski definition) is 1. The molecule has 1 atom stereocenters. The van der Waals surface area contributed by atoms with E-state index in [1.807, 2.05) is 0 Å². The molecule has 0 aliphatic carbocycles. The lowest BCUT2D eigenvalue weighted by molar-refractivity contribution is 0.275. The minimum Gasteiger partial charge on any atom is -0.133 e. The fraction of sp³-hybridized carbons (Fsp3) is 0.667. The van der Waals surface area contributed by atoms with Crippen LogP contribution in [0.3, 0.4) is 0 Å². The first-order valence-electron chi connectivity index (χ1n) is 3.15. The van der Waals surface area contributed by atoms with Gasteiger partial charge in [-0.1, -0.05) is 5.92 Å². The number of halogens is 1. The van der Waals surface area contributed by atoms with E-state index in [9.17, 15) is 4.57 Å². The van der Waals surface area contributed by atoms with Crippen LogP contribution >= 0.6 is 24.2 Å². The van der Waals surface area contributed by atoms with Crippen molar-refractivity contribution in [3.63, 3.8) is 0 Å². The van der Waals surface area contributed by atoms with Gasteiger partial charge in [-0.25, -0.2) is 0 Å². The molecule has 0 fully saturated rings. The zero-order valence-corrected chi connectivity index (χ0v) is 8.40. The van der Waals surface area contributed by atoms with E-state index in [4.69, 9.17) is 4.89 Å². The van der Waals surface area contributed by atoms with E-state index >= 15 is 0 Å². The summed E-state index contributed by atoms with van der Waals surface area (Å²) in [5.41, 5.74) is 0. The largest absolute Gasteiger partial charge is 0.694 e. The van der Waals surface area contributed by atoms with Crippen molar-refractivity contribution in [2.75, 3.05) is 6.61 Å². The summed E-state index contributed by atoms with van der Waals surface area (Å²) in [6.45, 7) is 0.329. The number of hydrogen-bond acceptors (Lipinski definition) is 2. The molecule has 3 nitrogen and oxygen atoms in total. The van der Waals surface area contributed by atoms with Gasteiger partial charge in [-0.2, -0.15) is 0 Å². The molecule has 0 aromatic carbocycles. The molecule has 0 aromatic heterocycles. The Morgan fingerprint density at radius 2 is 2.27 bits per heavy atom. The van der Waals surface area contributed by atoms with Crippen molar-refractivity contribution in [3.8, 4) is 10.8 Å². The van der Waals surface area contributed by atoms with Crippen LogP contribution in [0.1, 0.15) is 19.3 Å². The summed E-state index contributed by atoms with van der Waals surface area (Å²) >= 11 is 2.96. The fourth-order valence-corrected chi connectivity index (χ4v) is 0.989. The molecule has 0 aromatic rings. The highest BCUT2D eigenvalue weighted by atomic mass is 79.9. The molecular formula is C6H9BrO3P+. The average molecular weight is 240 g/mol. The Bertz CT molecular complexity index is 172. The Hall–Kier alpha value is 0.0600. The van der Waals surface area contributed by atoms with E-state index in [-0.39, 0.29) is 0 Å². The molecule has 1 N–H and O–H groups in total. The third-order valence-electron chi connectivity index (χ3n) is 0.965. The molecule has 11 heavy (non-hydrogen) atoms. The van der Waals surface area contributed by atoms with E-state index < -0.39 is 8.25 Å². The average Bonchev–Trinajstić information content (AvgIpc) is 1.96. The summed E-state index contributed by atoms with van der Waals surface area (Å²) < 4.78 is 14.4. The number of rotatable bonds is 5. The van der Waals surface area contributed by atoms with Crippen LogP contribution in [0.25, 0.3) is 0 Å². The molecular weight excluding hydrogens is 231 g/mol. The van der Waals surface area contributed by atoms with Crippen LogP contribution in [0.15, 0.2) is 0 Å². The Morgan fingerprint density at radius 1 is 1.55 bits per heavy atom. The van der Waals surface area contributed by atoms with Crippen molar-refractivity contribution in [2.24, 2.45) is 0 Å². The van der Waals surface area contributed by atoms with Crippen molar-refractivity contribution < 1.29 is 14.0 Å². The molecule has 0 radical (unpaired) electrons. The second kappa shape index (κ2) is 8.16. The van der Waals surface area contributed by atoms with Gasteiger partial charge in [0.25, 0.3) is 0 Å². The lowest BCUT2D eigenvalue weighted by Gasteiger charge is -1.88. The van der Waals surface area contributed by atoms with Crippen LogP contribution in [0.4, 0.5) is 0 Å². The van der Waals surface area contributed by atoms with Gasteiger partial charge in [0.2, 0.25) is 0 Å². The topological polar surface area (TPSA) is 46.5 Å². The third-order valence-corrected chi connectivity index (χ3v) is 1.65. The van der Waals surface area contributed by atoms with Gasteiger partial charge in [-0.3, -0.25) is 0 Å². The molecule has 0 heterocycles. The Balaban J connectivity index is 3.00. The zero-order valence-electron chi connectivity index (χ0n) is 5.92. The zero-order chi connectivity index (χ0) is 8.53. The second-order valence-electron chi connectivity index (χ2n) is 1.80. The predicted octanol–water partition coefficient (Wildman–Crippen LogP) is 2.18. The smallest absolute Gasteiger partial charge is 0.133 e. The fourth-order valence-electron chi connectivity index (χ4n) is 0.505. The summed E-state index contributed by atoms with van der Waals surface area (Å²) in [6, 6.07) is 0. The van der Waals surface area contributed by atoms with Gasteiger partial charge >= 0.3 is 8.25 Å². The highest BCUT2D eigenvalue weighted by Crippen LogP contribution is 2.14. The molecule has 0 saturated carbocycles. The maximum atomic E-state index is 9.98. The van der Waals surface area contributed by atoms with Gasteiger partial charge in [0, 0.05) is 26.9 Å². The van der Waals surface area contributed by atoms with E-state index in [1.54, 1.807) is 0 Å². The van der Waals surface area contributed by atoms with Crippen LogP contribution in [-0.4, -0.2) is 11.5 Å².